The zero-order valence-corrected chi connectivity index (χ0v) is 12.6. The lowest BCUT2D eigenvalue weighted by atomic mass is 10.2. The summed E-state index contributed by atoms with van der Waals surface area (Å²) in [5, 5.41) is 7.09. The van der Waals surface area contributed by atoms with E-state index in [9.17, 15) is 4.79 Å². The minimum atomic E-state index is -0.148. The van der Waals surface area contributed by atoms with Crippen molar-refractivity contribution in [2.45, 2.75) is 38.6 Å². The van der Waals surface area contributed by atoms with Crippen LogP contribution < -0.4 is 11.1 Å². The van der Waals surface area contributed by atoms with Crippen LogP contribution in [0.25, 0.3) is 0 Å². The van der Waals surface area contributed by atoms with Crippen LogP contribution in [0.3, 0.4) is 0 Å². The minimum absolute atomic E-state index is 0.148. The maximum absolute atomic E-state index is 12.1. The highest BCUT2D eigenvalue weighted by Crippen LogP contribution is 2.21. The average Bonchev–Trinajstić information content (AvgIpc) is 2.99. The molecule has 0 aromatic carbocycles. The molecule has 6 nitrogen and oxygen atoms in total. The second-order valence-electron chi connectivity index (χ2n) is 5.65. The van der Waals surface area contributed by atoms with E-state index in [2.05, 4.69) is 22.4 Å². The molecule has 1 amide bonds. The molecule has 3 N–H and O–H groups in total. The third-order valence-electron chi connectivity index (χ3n) is 4.18. The maximum Gasteiger partial charge on any atom is 0.271 e. The first-order chi connectivity index (χ1) is 9.50. The summed E-state index contributed by atoms with van der Waals surface area (Å²) >= 11 is 0. The van der Waals surface area contributed by atoms with E-state index >= 15 is 0 Å². The van der Waals surface area contributed by atoms with Gasteiger partial charge in [-0.25, -0.2) is 0 Å². The van der Waals surface area contributed by atoms with Gasteiger partial charge in [0.05, 0.1) is 11.4 Å². The Morgan fingerprint density at radius 3 is 2.70 bits per heavy atom. The van der Waals surface area contributed by atoms with Crippen molar-refractivity contribution >= 4 is 11.6 Å². The number of aromatic nitrogens is 2. The third-order valence-corrected chi connectivity index (χ3v) is 4.18. The molecule has 0 atom stereocenters. The van der Waals surface area contributed by atoms with E-state index in [0.29, 0.717) is 29.7 Å². The van der Waals surface area contributed by atoms with Gasteiger partial charge in [-0.1, -0.05) is 12.8 Å². The van der Waals surface area contributed by atoms with Crippen LogP contribution in [-0.2, 0) is 7.05 Å². The molecule has 1 aromatic heterocycles. The summed E-state index contributed by atoms with van der Waals surface area (Å²) < 4.78 is 1.54. The molecule has 1 aliphatic rings. The van der Waals surface area contributed by atoms with Gasteiger partial charge in [-0.3, -0.25) is 9.48 Å². The van der Waals surface area contributed by atoms with Gasteiger partial charge in [0, 0.05) is 26.2 Å². The third kappa shape index (κ3) is 3.12. The van der Waals surface area contributed by atoms with Crippen LogP contribution in [0.15, 0.2) is 0 Å². The summed E-state index contributed by atoms with van der Waals surface area (Å²) in [5.41, 5.74) is 7.49. The molecule has 0 unspecified atom stereocenters. The van der Waals surface area contributed by atoms with Gasteiger partial charge in [-0.2, -0.15) is 5.10 Å². The molecule has 112 valence electrons. The highest BCUT2D eigenvalue weighted by Gasteiger charge is 2.20. The number of hydrogen-bond acceptors (Lipinski definition) is 4. The number of carbonyl (C=O) groups is 1. The second-order valence-corrected chi connectivity index (χ2v) is 5.65. The molecule has 1 heterocycles. The molecule has 0 radical (unpaired) electrons. The Hall–Kier alpha value is -1.56. The monoisotopic (exact) mass is 279 g/mol. The van der Waals surface area contributed by atoms with Gasteiger partial charge < -0.3 is 16.0 Å². The fourth-order valence-electron chi connectivity index (χ4n) is 2.90. The van der Waals surface area contributed by atoms with E-state index in [-0.39, 0.29) is 5.91 Å². The van der Waals surface area contributed by atoms with E-state index in [1.165, 1.54) is 25.7 Å². The molecule has 2 rings (SSSR count). The molecular weight excluding hydrogens is 254 g/mol. The van der Waals surface area contributed by atoms with Gasteiger partial charge >= 0.3 is 0 Å². The van der Waals surface area contributed by atoms with Gasteiger partial charge in [0.1, 0.15) is 5.69 Å². The molecule has 0 bridgehead atoms. The fourth-order valence-corrected chi connectivity index (χ4v) is 2.90. The number of hydrogen-bond donors (Lipinski definition) is 2. The predicted molar refractivity (Wildman–Crippen MR) is 79.6 cm³/mol. The van der Waals surface area contributed by atoms with Gasteiger partial charge in [-0.15, -0.1) is 0 Å². The lowest BCUT2D eigenvalue weighted by Gasteiger charge is -2.23. The average molecular weight is 279 g/mol. The number of nitrogen functional groups attached to an aromatic ring is 1. The van der Waals surface area contributed by atoms with E-state index in [0.717, 1.165) is 6.54 Å². The number of nitrogens with zero attached hydrogens (tertiary/aromatic N) is 3. The number of rotatable bonds is 5. The van der Waals surface area contributed by atoms with Gasteiger partial charge in [0.2, 0.25) is 0 Å². The molecule has 1 saturated carbocycles. The molecule has 1 aliphatic carbocycles. The topological polar surface area (TPSA) is 76.2 Å². The number of anilines is 1. The summed E-state index contributed by atoms with van der Waals surface area (Å²) in [4.78, 5) is 14.5. The number of carbonyl (C=O) groups excluding carboxylic acids is 1. The van der Waals surface area contributed by atoms with Crippen molar-refractivity contribution in [2.24, 2.45) is 7.05 Å². The van der Waals surface area contributed by atoms with Crippen LogP contribution in [0.1, 0.15) is 41.9 Å². The smallest absolute Gasteiger partial charge is 0.271 e. The zero-order chi connectivity index (χ0) is 14.7. The highest BCUT2D eigenvalue weighted by molar-refractivity contribution is 5.97. The molecule has 0 saturated heterocycles. The lowest BCUT2D eigenvalue weighted by molar-refractivity contribution is 0.0938. The van der Waals surface area contributed by atoms with Crippen molar-refractivity contribution < 1.29 is 4.79 Å². The first kappa shape index (κ1) is 14.8. The molecule has 6 heteroatoms. The number of aryl methyl sites for hydroxylation is 2. The summed E-state index contributed by atoms with van der Waals surface area (Å²) in [7, 11) is 3.87. The maximum atomic E-state index is 12.1. The number of nitrogens with one attached hydrogen (secondary N) is 1. The molecule has 0 spiro atoms. The molecular formula is C14H25N5O. The largest absolute Gasteiger partial charge is 0.395 e. The normalized spacial score (nSPS) is 16.0. The first-order valence-corrected chi connectivity index (χ1v) is 7.28. The quantitative estimate of drug-likeness (QED) is 0.840. The Morgan fingerprint density at radius 1 is 1.50 bits per heavy atom. The van der Waals surface area contributed by atoms with Crippen LogP contribution in [0.4, 0.5) is 5.69 Å². The van der Waals surface area contributed by atoms with Crippen LogP contribution in [-0.4, -0.2) is 46.8 Å². The molecule has 1 fully saturated rings. The van der Waals surface area contributed by atoms with Crippen LogP contribution >= 0.6 is 0 Å². The highest BCUT2D eigenvalue weighted by atomic mass is 16.2. The van der Waals surface area contributed by atoms with E-state index < -0.39 is 0 Å². The van der Waals surface area contributed by atoms with E-state index in [1.54, 1.807) is 18.7 Å². The van der Waals surface area contributed by atoms with Crippen molar-refractivity contribution in [3.8, 4) is 0 Å². The van der Waals surface area contributed by atoms with Crippen LogP contribution in [0.2, 0.25) is 0 Å². The van der Waals surface area contributed by atoms with E-state index in [4.69, 9.17) is 5.73 Å². The summed E-state index contributed by atoms with van der Waals surface area (Å²) in [6, 6.07) is 0.677. The van der Waals surface area contributed by atoms with Crippen LogP contribution in [0, 0.1) is 6.92 Å². The second kappa shape index (κ2) is 6.26. The van der Waals surface area contributed by atoms with E-state index in [1.807, 2.05) is 0 Å². The van der Waals surface area contributed by atoms with Crippen LogP contribution in [0.5, 0.6) is 0 Å². The zero-order valence-electron chi connectivity index (χ0n) is 12.6. The lowest BCUT2D eigenvalue weighted by Crippen LogP contribution is -2.38. The van der Waals surface area contributed by atoms with Gasteiger partial charge in [-0.05, 0) is 26.8 Å². The Kier molecular flexibility index (Phi) is 4.65. The predicted octanol–water partition coefficient (Wildman–Crippen LogP) is 0.915. The summed E-state index contributed by atoms with van der Waals surface area (Å²) in [6.45, 7) is 3.31. The molecule has 1 aromatic rings. The van der Waals surface area contributed by atoms with Gasteiger partial charge in [0.25, 0.3) is 5.91 Å². The molecule has 0 aliphatic heterocycles. The summed E-state index contributed by atoms with van der Waals surface area (Å²) in [5.74, 6) is -0.148. The summed E-state index contributed by atoms with van der Waals surface area (Å²) in [6.07, 6.45) is 5.20. The van der Waals surface area contributed by atoms with Crippen molar-refractivity contribution in [1.29, 1.82) is 0 Å². The van der Waals surface area contributed by atoms with Crippen molar-refractivity contribution in [3.63, 3.8) is 0 Å². The SMILES string of the molecule is Cc1nn(C)c(C(=O)NCCN(C)C2CCCC2)c1N. The Balaban J connectivity index is 1.83. The van der Waals surface area contributed by atoms with Crippen molar-refractivity contribution in [3.05, 3.63) is 11.4 Å². The first-order valence-electron chi connectivity index (χ1n) is 7.28. The fraction of sp³-hybridized carbons (Fsp3) is 0.714. The Morgan fingerprint density at radius 2 is 2.15 bits per heavy atom. The number of likely N-dealkylation sites (N-methyl/N-ethyl adjacent to an activating group) is 1. The molecule has 20 heavy (non-hydrogen) atoms. The van der Waals surface area contributed by atoms with Crippen molar-refractivity contribution in [2.75, 3.05) is 25.9 Å². The number of nitrogens with two attached hydrogens (primary N) is 1. The Labute approximate surface area is 120 Å². The van der Waals surface area contributed by atoms with Gasteiger partial charge in [0.15, 0.2) is 0 Å². The standard InChI is InChI=1S/C14H25N5O/c1-10-12(15)13(19(3)17-10)14(20)16-8-9-18(2)11-6-4-5-7-11/h11H,4-9,15H2,1-3H3,(H,16,20). The Bertz CT molecular complexity index is 476. The minimum Gasteiger partial charge on any atom is -0.395 e. The van der Waals surface area contributed by atoms with Crippen molar-refractivity contribution in [1.82, 2.24) is 20.0 Å². The number of amides is 1.